The molecule has 0 aliphatic carbocycles. The molecule has 0 saturated heterocycles. The maximum absolute atomic E-state index is 4.34. The standard InChI is InChI=1S/C14H15N3S/c1-10-12(9-17(2)16-10)8-15-13-3-4-14-11(7-13)5-6-18-14/h3-7,9,15H,8H2,1-2H3. The molecule has 1 aromatic carbocycles. The Balaban J connectivity index is 1.78. The number of nitrogens with one attached hydrogen (secondary N) is 1. The molecular formula is C14H15N3S. The van der Waals surface area contributed by atoms with E-state index >= 15 is 0 Å². The summed E-state index contributed by atoms with van der Waals surface area (Å²) in [5, 5.41) is 11.2. The molecular weight excluding hydrogens is 242 g/mol. The minimum Gasteiger partial charge on any atom is -0.381 e. The van der Waals surface area contributed by atoms with Gasteiger partial charge in [-0.3, -0.25) is 4.68 Å². The Morgan fingerprint density at radius 2 is 2.22 bits per heavy atom. The predicted molar refractivity (Wildman–Crippen MR) is 77.1 cm³/mol. The van der Waals surface area contributed by atoms with Gasteiger partial charge >= 0.3 is 0 Å². The number of hydrogen-bond donors (Lipinski definition) is 1. The molecule has 0 fully saturated rings. The molecule has 2 aromatic heterocycles. The van der Waals surface area contributed by atoms with Gasteiger partial charge in [0.1, 0.15) is 0 Å². The fraction of sp³-hybridized carbons (Fsp3) is 0.214. The van der Waals surface area contributed by atoms with Crippen LogP contribution in [-0.4, -0.2) is 9.78 Å². The summed E-state index contributed by atoms with van der Waals surface area (Å²) in [6, 6.07) is 8.64. The first kappa shape index (κ1) is 11.3. The molecule has 2 heterocycles. The Morgan fingerprint density at radius 1 is 1.33 bits per heavy atom. The van der Waals surface area contributed by atoms with Gasteiger partial charge in [0, 0.05) is 35.7 Å². The number of anilines is 1. The van der Waals surface area contributed by atoms with Crippen molar-refractivity contribution >= 4 is 27.1 Å². The van der Waals surface area contributed by atoms with E-state index in [2.05, 4.69) is 46.3 Å². The van der Waals surface area contributed by atoms with Gasteiger partial charge in [0.2, 0.25) is 0 Å². The van der Waals surface area contributed by atoms with Crippen molar-refractivity contribution in [2.24, 2.45) is 7.05 Å². The average molecular weight is 257 g/mol. The Bertz CT molecular complexity index is 681. The third kappa shape index (κ3) is 2.11. The summed E-state index contributed by atoms with van der Waals surface area (Å²) in [5.74, 6) is 0. The lowest BCUT2D eigenvalue weighted by molar-refractivity contribution is 0.756. The highest BCUT2D eigenvalue weighted by Crippen LogP contribution is 2.24. The normalized spacial score (nSPS) is 11.0. The highest BCUT2D eigenvalue weighted by molar-refractivity contribution is 7.17. The van der Waals surface area contributed by atoms with Crippen LogP contribution in [0.15, 0.2) is 35.8 Å². The lowest BCUT2D eigenvalue weighted by atomic mass is 10.2. The fourth-order valence-corrected chi connectivity index (χ4v) is 2.87. The number of thiophene rings is 1. The van der Waals surface area contributed by atoms with E-state index in [9.17, 15) is 0 Å². The zero-order valence-electron chi connectivity index (χ0n) is 10.5. The van der Waals surface area contributed by atoms with E-state index in [1.54, 1.807) is 11.3 Å². The van der Waals surface area contributed by atoms with E-state index in [0.29, 0.717) is 0 Å². The van der Waals surface area contributed by atoms with Gasteiger partial charge < -0.3 is 5.32 Å². The first-order valence-electron chi connectivity index (χ1n) is 5.92. The monoisotopic (exact) mass is 257 g/mol. The third-order valence-electron chi connectivity index (χ3n) is 3.05. The Kier molecular flexibility index (Phi) is 2.80. The number of benzene rings is 1. The van der Waals surface area contributed by atoms with Crippen molar-refractivity contribution in [3.05, 3.63) is 47.1 Å². The van der Waals surface area contributed by atoms with Gasteiger partial charge in [0.25, 0.3) is 0 Å². The summed E-state index contributed by atoms with van der Waals surface area (Å²) in [4.78, 5) is 0. The summed E-state index contributed by atoms with van der Waals surface area (Å²) in [6.07, 6.45) is 2.06. The number of hydrogen-bond acceptors (Lipinski definition) is 3. The van der Waals surface area contributed by atoms with Crippen LogP contribution in [0.5, 0.6) is 0 Å². The molecule has 0 aliphatic heterocycles. The molecule has 0 spiro atoms. The van der Waals surface area contributed by atoms with Crippen LogP contribution in [0.1, 0.15) is 11.3 Å². The van der Waals surface area contributed by atoms with E-state index in [-0.39, 0.29) is 0 Å². The molecule has 18 heavy (non-hydrogen) atoms. The molecule has 3 rings (SSSR count). The molecule has 0 atom stereocenters. The minimum absolute atomic E-state index is 0.815. The van der Waals surface area contributed by atoms with Gasteiger partial charge in [-0.05, 0) is 42.0 Å². The maximum atomic E-state index is 4.34. The van der Waals surface area contributed by atoms with Crippen molar-refractivity contribution in [3.63, 3.8) is 0 Å². The summed E-state index contributed by atoms with van der Waals surface area (Å²) < 4.78 is 3.19. The number of fused-ring (bicyclic) bond motifs is 1. The Labute approximate surface area is 110 Å². The van der Waals surface area contributed by atoms with Crippen molar-refractivity contribution in [2.45, 2.75) is 13.5 Å². The fourth-order valence-electron chi connectivity index (χ4n) is 2.10. The summed E-state index contributed by atoms with van der Waals surface area (Å²) in [6.45, 7) is 2.86. The van der Waals surface area contributed by atoms with Gasteiger partial charge in [-0.15, -0.1) is 11.3 Å². The molecule has 92 valence electrons. The van der Waals surface area contributed by atoms with Crippen LogP contribution in [-0.2, 0) is 13.6 Å². The van der Waals surface area contributed by atoms with Gasteiger partial charge in [0.15, 0.2) is 0 Å². The van der Waals surface area contributed by atoms with Crippen LogP contribution < -0.4 is 5.32 Å². The Hall–Kier alpha value is -1.81. The number of nitrogens with zero attached hydrogens (tertiary/aromatic N) is 2. The van der Waals surface area contributed by atoms with Crippen molar-refractivity contribution in [3.8, 4) is 0 Å². The molecule has 4 heteroatoms. The molecule has 3 nitrogen and oxygen atoms in total. The zero-order valence-corrected chi connectivity index (χ0v) is 11.3. The SMILES string of the molecule is Cc1nn(C)cc1CNc1ccc2sccc2c1. The predicted octanol–water partition coefficient (Wildman–Crippen LogP) is 3.56. The molecule has 0 radical (unpaired) electrons. The highest BCUT2D eigenvalue weighted by atomic mass is 32.1. The smallest absolute Gasteiger partial charge is 0.0643 e. The van der Waals surface area contributed by atoms with Crippen LogP contribution in [0.3, 0.4) is 0 Å². The first-order chi connectivity index (χ1) is 8.72. The molecule has 3 aromatic rings. The average Bonchev–Trinajstić information content (AvgIpc) is 2.92. The lowest BCUT2D eigenvalue weighted by Crippen LogP contribution is -1.99. The number of rotatable bonds is 3. The van der Waals surface area contributed by atoms with Gasteiger partial charge in [-0.25, -0.2) is 0 Å². The van der Waals surface area contributed by atoms with Crippen LogP contribution in [0.4, 0.5) is 5.69 Å². The number of aromatic nitrogens is 2. The van der Waals surface area contributed by atoms with Crippen LogP contribution in [0, 0.1) is 6.92 Å². The largest absolute Gasteiger partial charge is 0.381 e. The molecule has 0 amide bonds. The van der Waals surface area contributed by atoms with Crippen molar-refractivity contribution in [1.29, 1.82) is 0 Å². The summed E-state index contributed by atoms with van der Waals surface area (Å²) in [7, 11) is 1.95. The van der Waals surface area contributed by atoms with Crippen molar-refractivity contribution in [1.82, 2.24) is 9.78 Å². The van der Waals surface area contributed by atoms with E-state index in [1.165, 1.54) is 15.6 Å². The second kappa shape index (κ2) is 4.46. The second-order valence-corrected chi connectivity index (χ2v) is 5.39. The second-order valence-electron chi connectivity index (χ2n) is 4.44. The van der Waals surface area contributed by atoms with Gasteiger partial charge in [-0.1, -0.05) is 0 Å². The third-order valence-corrected chi connectivity index (χ3v) is 3.95. The van der Waals surface area contributed by atoms with E-state index in [1.807, 2.05) is 18.7 Å². The first-order valence-corrected chi connectivity index (χ1v) is 6.80. The molecule has 0 saturated carbocycles. The summed E-state index contributed by atoms with van der Waals surface area (Å²) >= 11 is 1.78. The zero-order chi connectivity index (χ0) is 12.5. The van der Waals surface area contributed by atoms with Gasteiger partial charge in [0.05, 0.1) is 5.69 Å². The van der Waals surface area contributed by atoms with Crippen molar-refractivity contribution in [2.75, 3.05) is 5.32 Å². The topological polar surface area (TPSA) is 29.9 Å². The Morgan fingerprint density at radius 3 is 3.00 bits per heavy atom. The summed E-state index contributed by atoms with van der Waals surface area (Å²) in [5.41, 5.74) is 3.48. The molecule has 0 unspecified atom stereocenters. The molecule has 1 N–H and O–H groups in total. The van der Waals surface area contributed by atoms with Crippen LogP contribution in [0.25, 0.3) is 10.1 Å². The number of aryl methyl sites for hydroxylation is 2. The van der Waals surface area contributed by atoms with Gasteiger partial charge in [-0.2, -0.15) is 5.10 Å². The maximum Gasteiger partial charge on any atom is 0.0643 e. The van der Waals surface area contributed by atoms with Crippen molar-refractivity contribution < 1.29 is 0 Å². The molecule has 0 bridgehead atoms. The lowest BCUT2D eigenvalue weighted by Gasteiger charge is -2.05. The minimum atomic E-state index is 0.815. The van der Waals surface area contributed by atoms with E-state index < -0.39 is 0 Å². The quantitative estimate of drug-likeness (QED) is 0.777. The van der Waals surface area contributed by atoms with Crippen LogP contribution in [0.2, 0.25) is 0 Å². The van der Waals surface area contributed by atoms with E-state index in [4.69, 9.17) is 0 Å². The molecule has 0 aliphatic rings. The highest BCUT2D eigenvalue weighted by Gasteiger charge is 2.03. The van der Waals surface area contributed by atoms with E-state index in [0.717, 1.165) is 17.9 Å². The van der Waals surface area contributed by atoms with Crippen LogP contribution >= 0.6 is 11.3 Å².